The minimum Gasteiger partial charge on any atom is -0.335 e. The first-order valence-corrected chi connectivity index (χ1v) is 9.21. The lowest BCUT2D eigenvalue weighted by atomic mass is 10.1. The summed E-state index contributed by atoms with van der Waals surface area (Å²) in [6.07, 6.45) is -4.60. The molecule has 0 aliphatic carbocycles. The molecular formula is C20H21ClF3N3O2. The molecule has 2 aromatic carbocycles. The summed E-state index contributed by atoms with van der Waals surface area (Å²) in [5.74, 6) is 0. The van der Waals surface area contributed by atoms with Crippen molar-refractivity contribution in [2.75, 3.05) is 0 Å². The molecule has 0 heterocycles. The van der Waals surface area contributed by atoms with E-state index in [1.165, 1.54) is 18.2 Å². The molecule has 4 amide bonds. The smallest absolute Gasteiger partial charge is 0.335 e. The number of rotatable bonds is 5. The van der Waals surface area contributed by atoms with E-state index in [4.69, 9.17) is 11.6 Å². The maximum Gasteiger partial charge on any atom is 0.416 e. The molecule has 0 aliphatic heterocycles. The second-order valence-corrected chi connectivity index (χ2v) is 7.07. The fourth-order valence-corrected chi connectivity index (χ4v) is 2.67. The Balaban J connectivity index is 2.22. The van der Waals surface area contributed by atoms with Crippen LogP contribution in [0.5, 0.6) is 0 Å². The quantitative estimate of drug-likeness (QED) is 0.690. The zero-order valence-electron chi connectivity index (χ0n) is 15.9. The van der Waals surface area contributed by atoms with Crippen molar-refractivity contribution in [2.24, 2.45) is 0 Å². The summed E-state index contributed by atoms with van der Waals surface area (Å²) in [7, 11) is 0. The van der Waals surface area contributed by atoms with Crippen LogP contribution in [0.25, 0.3) is 0 Å². The third-order valence-electron chi connectivity index (χ3n) is 3.91. The van der Waals surface area contributed by atoms with Crippen LogP contribution in [0, 0.1) is 0 Å². The van der Waals surface area contributed by atoms with Crippen LogP contribution in [0.3, 0.4) is 0 Å². The van der Waals surface area contributed by atoms with Crippen LogP contribution in [0.4, 0.5) is 22.8 Å². The Hall–Kier alpha value is -2.74. The summed E-state index contributed by atoms with van der Waals surface area (Å²) in [6, 6.07) is 9.62. The van der Waals surface area contributed by atoms with Gasteiger partial charge in [0.25, 0.3) is 0 Å². The maximum absolute atomic E-state index is 13.3. The van der Waals surface area contributed by atoms with Gasteiger partial charge in [-0.3, -0.25) is 0 Å². The molecule has 156 valence electrons. The van der Waals surface area contributed by atoms with Gasteiger partial charge in [-0.1, -0.05) is 41.9 Å². The molecule has 0 radical (unpaired) electrons. The highest BCUT2D eigenvalue weighted by atomic mass is 35.5. The largest absolute Gasteiger partial charge is 0.416 e. The Morgan fingerprint density at radius 1 is 1.03 bits per heavy atom. The standard InChI is InChI=1S/C20H21ClF3N3O2/c1-13(2)26-19(29)27(12-15-5-3-4-6-17(15)20(22,23)24)18(28)25-11-14-7-9-16(21)10-8-14/h3-10,13H,11-12H2,1-2H3,(H,25,28)(H,26,29). The van der Waals surface area contributed by atoms with Crippen molar-refractivity contribution in [3.63, 3.8) is 0 Å². The highest BCUT2D eigenvalue weighted by Crippen LogP contribution is 2.32. The first kappa shape index (κ1) is 22.5. The van der Waals surface area contributed by atoms with E-state index in [9.17, 15) is 22.8 Å². The van der Waals surface area contributed by atoms with Gasteiger partial charge in [-0.15, -0.1) is 0 Å². The number of halogens is 4. The molecule has 0 fully saturated rings. The number of hydrogen-bond acceptors (Lipinski definition) is 2. The van der Waals surface area contributed by atoms with Gasteiger partial charge in [0.2, 0.25) is 0 Å². The van der Waals surface area contributed by atoms with Gasteiger partial charge in [-0.2, -0.15) is 13.2 Å². The molecule has 2 rings (SSSR count). The van der Waals surface area contributed by atoms with Crippen molar-refractivity contribution in [1.29, 1.82) is 0 Å². The second kappa shape index (κ2) is 9.65. The fraction of sp³-hybridized carbons (Fsp3) is 0.300. The number of carbonyl (C=O) groups excluding carboxylic acids is 2. The average molecular weight is 428 g/mol. The number of benzene rings is 2. The van der Waals surface area contributed by atoms with E-state index in [-0.39, 0.29) is 18.2 Å². The molecule has 9 heteroatoms. The summed E-state index contributed by atoms with van der Waals surface area (Å²) in [5.41, 5.74) is -0.351. The number of carbonyl (C=O) groups is 2. The summed E-state index contributed by atoms with van der Waals surface area (Å²) in [5, 5.41) is 5.62. The van der Waals surface area contributed by atoms with Crippen LogP contribution in [0.1, 0.15) is 30.5 Å². The molecule has 2 N–H and O–H groups in total. The molecule has 0 spiro atoms. The van der Waals surface area contributed by atoms with Crippen LogP contribution in [-0.2, 0) is 19.3 Å². The number of alkyl halides is 3. The monoisotopic (exact) mass is 427 g/mol. The third kappa shape index (κ3) is 6.67. The van der Waals surface area contributed by atoms with E-state index >= 15 is 0 Å². The van der Waals surface area contributed by atoms with E-state index < -0.39 is 30.3 Å². The van der Waals surface area contributed by atoms with Crippen molar-refractivity contribution < 1.29 is 22.8 Å². The van der Waals surface area contributed by atoms with E-state index in [0.717, 1.165) is 16.5 Å². The van der Waals surface area contributed by atoms with Gasteiger partial charge in [0, 0.05) is 17.6 Å². The van der Waals surface area contributed by atoms with Gasteiger partial charge >= 0.3 is 18.2 Å². The summed E-state index contributed by atoms with van der Waals surface area (Å²) in [6.45, 7) is 2.93. The third-order valence-corrected chi connectivity index (χ3v) is 4.16. The molecule has 0 saturated heterocycles. The Morgan fingerprint density at radius 2 is 1.66 bits per heavy atom. The number of amides is 4. The summed E-state index contributed by atoms with van der Waals surface area (Å²) < 4.78 is 39.8. The number of hydrogen-bond donors (Lipinski definition) is 2. The number of nitrogens with one attached hydrogen (secondary N) is 2. The van der Waals surface area contributed by atoms with E-state index in [1.807, 2.05) is 0 Å². The topological polar surface area (TPSA) is 61.4 Å². The van der Waals surface area contributed by atoms with Gasteiger partial charge in [0.15, 0.2) is 0 Å². The Kier molecular flexibility index (Phi) is 7.50. The lowest BCUT2D eigenvalue weighted by Gasteiger charge is -2.24. The number of urea groups is 2. The highest BCUT2D eigenvalue weighted by Gasteiger charge is 2.34. The normalized spacial score (nSPS) is 11.3. The lowest BCUT2D eigenvalue weighted by Crippen LogP contribution is -2.49. The van der Waals surface area contributed by atoms with Crippen molar-refractivity contribution in [2.45, 2.75) is 39.2 Å². The maximum atomic E-state index is 13.3. The number of nitrogens with zero attached hydrogens (tertiary/aromatic N) is 1. The van der Waals surface area contributed by atoms with Crippen LogP contribution in [-0.4, -0.2) is 23.0 Å². The second-order valence-electron chi connectivity index (χ2n) is 6.63. The molecule has 29 heavy (non-hydrogen) atoms. The zero-order chi connectivity index (χ0) is 21.6. The van der Waals surface area contributed by atoms with Gasteiger partial charge in [-0.05, 0) is 43.2 Å². The Bertz CT molecular complexity index is 855. The van der Waals surface area contributed by atoms with Crippen molar-refractivity contribution >= 4 is 23.7 Å². The molecule has 0 aliphatic rings. The van der Waals surface area contributed by atoms with Gasteiger partial charge in [0.05, 0.1) is 12.1 Å². The van der Waals surface area contributed by atoms with Gasteiger partial charge < -0.3 is 10.6 Å². The van der Waals surface area contributed by atoms with E-state index in [2.05, 4.69) is 10.6 Å². The molecule has 5 nitrogen and oxygen atoms in total. The average Bonchev–Trinajstić information content (AvgIpc) is 2.64. The molecular weight excluding hydrogens is 407 g/mol. The summed E-state index contributed by atoms with van der Waals surface area (Å²) in [4.78, 5) is 25.8. The van der Waals surface area contributed by atoms with Crippen molar-refractivity contribution in [3.05, 3.63) is 70.2 Å². The predicted octanol–water partition coefficient (Wildman–Crippen LogP) is 5.19. The van der Waals surface area contributed by atoms with E-state index in [1.54, 1.807) is 38.1 Å². The van der Waals surface area contributed by atoms with Gasteiger partial charge in [0.1, 0.15) is 0 Å². The molecule has 0 bridgehead atoms. The van der Waals surface area contributed by atoms with Crippen molar-refractivity contribution in [3.8, 4) is 0 Å². The predicted molar refractivity (Wildman–Crippen MR) is 104 cm³/mol. The first-order chi connectivity index (χ1) is 13.6. The first-order valence-electron chi connectivity index (χ1n) is 8.83. The molecule has 0 atom stereocenters. The van der Waals surface area contributed by atoms with Crippen molar-refractivity contribution in [1.82, 2.24) is 15.5 Å². The fourth-order valence-electron chi connectivity index (χ4n) is 2.54. The van der Waals surface area contributed by atoms with Crippen LogP contribution in [0.15, 0.2) is 48.5 Å². The number of imide groups is 1. The van der Waals surface area contributed by atoms with Crippen LogP contribution in [0.2, 0.25) is 5.02 Å². The lowest BCUT2D eigenvalue weighted by molar-refractivity contribution is -0.138. The summed E-state index contributed by atoms with van der Waals surface area (Å²) >= 11 is 5.82. The molecule has 0 aromatic heterocycles. The molecule has 2 aromatic rings. The van der Waals surface area contributed by atoms with Crippen LogP contribution >= 0.6 is 11.6 Å². The van der Waals surface area contributed by atoms with Crippen LogP contribution < -0.4 is 10.6 Å². The van der Waals surface area contributed by atoms with E-state index in [0.29, 0.717) is 5.02 Å². The SMILES string of the molecule is CC(C)NC(=O)N(Cc1ccccc1C(F)(F)F)C(=O)NCc1ccc(Cl)cc1. The highest BCUT2D eigenvalue weighted by molar-refractivity contribution is 6.30. The zero-order valence-corrected chi connectivity index (χ0v) is 16.6. The molecule has 0 unspecified atom stereocenters. The van der Waals surface area contributed by atoms with Gasteiger partial charge in [-0.25, -0.2) is 14.5 Å². The minimum absolute atomic E-state index is 0.0857. The minimum atomic E-state index is -4.60. The Morgan fingerprint density at radius 3 is 2.24 bits per heavy atom. The Labute approximate surface area is 171 Å². The molecule has 0 saturated carbocycles.